The van der Waals surface area contributed by atoms with Crippen LogP contribution >= 0.6 is 23.2 Å². The molecule has 0 atom stereocenters. The first-order valence-corrected chi connectivity index (χ1v) is 6.57. The maximum atomic E-state index is 6.14. The van der Waals surface area contributed by atoms with Gasteiger partial charge in [-0.15, -0.1) is 0 Å². The molecule has 0 heterocycles. The Labute approximate surface area is 113 Å². The fourth-order valence-electron chi connectivity index (χ4n) is 1.47. The van der Waals surface area contributed by atoms with Crippen LogP contribution in [0.3, 0.4) is 0 Å². The second kappa shape index (κ2) is 6.60. The second-order valence-electron chi connectivity index (χ2n) is 4.30. The number of nitrogens with two attached hydrogens (primary N) is 1. The number of benzene rings is 1. The highest BCUT2D eigenvalue weighted by atomic mass is 35.5. The average Bonchev–Trinajstić information content (AvgIpc) is 2.33. The summed E-state index contributed by atoms with van der Waals surface area (Å²) in [5.41, 5.74) is 6.80. The lowest BCUT2D eigenvalue weighted by Gasteiger charge is -2.26. The number of ether oxygens (including phenoxy) is 1. The van der Waals surface area contributed by atoms with Crippen molar-refractivity contribution in [3.63, 3.8) is 0 Å². The molecule has 1 rings (SSSR count). The Hall–Kier alpha value is -0.280. The van der Waals surface area contributed by atoms with E-state index in [1.807, 2.05) is 6.07 Å². The van der Waals surface area contributed by atoms with Crippen molar-refractivity contribution in [2.75, 3.05) is 6.61 Å². The van der Waals surface area contributed by atoms with Crippen LogP contribution in [0.4, 0.5) is 0 Å². The molecule has 1 aromatic rings. The van der Waals surface area contributed by atoms with Crippen LogP contribution in [-0.4, -0.2) is 12.1 Å². The van der Waals surface area contributed by atoms with Crippen molar-refractivity contribution >= 4 is 23.2 Å². The predicted octanol–water partition coefficient (Wildman–Crippen LogP) is 4.03. The summed E-state index contributed by atoms with van der Waals surface area (Å²) >= 11 is 11.9. The average molecular weight is 276 g/mol. The van der Waals surface area contributed by atoms with Crippen LogP contribution in [0.2, 0.25) is 10.0 Å². The van der Waals surface area contributed by atoms with Crippen molar-refractivity contribution in [1.82, 2.24) is 0 Å². The van der Waals surface area contributed by atoms with Gasteiger partial charge in [0, 0.05) is 15.6 Å². The Morgan fingerprint density at radius 3 is 2.47 bits per heavy atom. The van der Waals surface area contributed by atoms with Gasteiger partial charge in [-0.3, -0.25) is 0 Å². The molecule has 0 aliphatic heterocycles. The molecule has 96 valence electrons. The monoisotopic (exact) mass is 275 g/mol. The molecule has 17 heavy (non-hydrogen) atoms. The molecular weight excluding hydrogens is 257 g/mol. The van der Waals surface area contributed by atoms with Crippen molar-refractivity contribution in [2.24, 2.45) is 5.73 Å². The lowest BCUT2D eigenvalue weighted by molar-refractivity contribution is 0.0697. The van der Waals surface area contributed by atoms with Crippen LogP contribution in [0, 0.1) is 0 Å². The van der Waals surface area contributed by atoms with E-state index in [1.165, 1.54) is 0 Å². The highest BCUT2D eigenvalue weighted by Gasteiger charge is 2.20. The van der Waals surface area contributed by atoms with E-state index in [2.05, 4.69) is 13.8 Å². The van der Waals surface area contributed by atoms with Gasteiger partial charge in [0.15, 0.2) is 0 Å². The lowest BCUT2D eigenvalue weighted by atomic mass is 9.96. The molecule has 0 unspecified atom stereocenters. The van der Waals surface area contributed by atoms with Crippen LogP contribution in [0.15, 0.2) is 18.2 Å². The fraction of sp³-hybridized carbons (Fsp3) is 0.538. The van der Waals surface area contributed by atoms with Gasteiger partial charge in [-0.25, -0.2) is 0 Å². The minimum atomic E-state index is -0.245. The van der Waals surface area contributed by atoms with Gasteiger partial charge in [0.1, 0.15) is 0 Å². The molecule has 0 fully saturated rings. The zero-order valence-corrected chi connectivity index (χ0v) is 11.8. The maximum absolute atomic E-state index is 6.14. The van der Waals surface area contributed by atoms with Gasteiger partial charge in [0.25, 0.3) is 0 Å². The third-order valence-corrected chi connectivity index (χ3v) is 3.67. The summed E-state index contributed by atoms with van der Waals surface area (Å²) in [6.07, 6.45) is 1.79. The van der Waals surface area contributed by atoms with Crippen molar-refractivity contribution in [1.29, 1.82) is 0 Å². The van der Waals surface area contributed by atoms with Crippen molar-refractivity contribution in [2.45, 2.75) is 38.8 Å². The predicted molar refractivity (Wildman–Crippen MR) is 73.6 cm³/mol. The lowest BCUT2D eigenvalue weighted by Crippen LogP contribution is -2.43. The van der Waals surface area contributed by atoms with Crippen LogP contribution < -0.4 is 5.73 Å². The second-order valence-corrected chi connectivity index (χ2v) is 5.14. The van der Waals surface area contributed by atoms with E-state index in [0.29, 0.717) is 23.3 Å². The van der Waals surface area contributed by atoms with Gasteiger partial charge in [0.05, 0.1) is 13.2 Å². The van der Waals surface area contributed by atoms with Gasteiger partial charge < -0.3 is 10.5 Å². The maximum Gasteiger partial charge on any atom is 0.0732 e. The van der Waals surface area contributed by atoms with Crippen molar-refractivity contribution in [3.05, 3.63) is 33.8 Å². The molecule has 0 spiro atoms. The van der Waals surface area contributed by atoms with E-state index in [0.717, 1.165) is 18.4 Å². The Kier molecular flexibility index (Phi) is 5.74. The molecule has 0 radical (unpaired) electrons. The smallest absolute Gasteiger partial charge is 0.0732 e. The van der Waals surface area contributed by atoms with Crippen LogP contribution in [-0.2, 0) is 11.3 Å². The molecule has 2 N–H and O–H groups in total. The zero-order chi connectivity index (χ0) is 12.9. The summed E-state index contributed by atoms with van der Waals surface area (Å²) in [6, 6.07) is 5.36. The summed E-state index contributed by atoms with van der Waals surface area (Å²) < 4.78 is 5.63. The molecule has 0 aliphatic carbocycles. The molecular formula is C13H19Cl2NO. The van der Waals surface area contributed by atoms with Gasteiger partial charge in [-0.1, -0.05) is 37.0 Å². The number of halogens is 2. The summed E-state index contributed by atoms with van der Waals surface area (Å²) in [4.78, 5) is 0. The number of rotatable bonds is 6. The standard InChI is InChI=1S/C13H19Cl2NO/c1-3-13(16,4-2)9-17-8-10-7-11(14)5-6-12(10)15/h5-7H,3-4,8-9,16H2,1-2H3. The van der Waals surface area contributed by atoms with Crippen LogP contribution in [0.5, 0.6) is 0 Å². The molecule has 0 bridgehead atoms. The molecule has 2 nitrogen and oxygen atoms in total. The van der Waals surface area contributed by atoms with Gasteiger partial charge >= 0.3 is 0 Å². The summed E-state index contributed by atoms with van der Waals surface area (Å²) in [5.74, 6) is 0. The van der Waals surface area contributed by atoms with E-state index in [4.69, 9.17) is 33.7 Å². The number of hydrogen-bond donors (Lipinski definition) is 1. The quantitative estimate of drug-likeness (QED) is 0.851. The third-order valence-electron chi connectivity index (χ3n) is 3.06. The Balaban J connectivity index is 2.53. The van der Waals surface area contributed by atoms with Crippen molar-refractivity contribution < 1.29 is 4.74 Å². The fourth-order valence-corrected chi connectivity index (χ4v) is 1.84. The van der Waals surface area contributed by atoms with E-state index in [-0.39, 0.29) is 5.54 Å². The Morgan fingerprint density at radius 1 is 1.24 bits per heavy atom. The summed E-state index contributed by atoms with van der Waals surface area (Å²) in [5, 5.41) is 1.34. The molecule has 1 aromatic carbocycles. The molecule has 0 saturated carbocycles. The normalized spacial score (nSPS) is 11.8. The van der Waals surface area contributed by atoms with Crippen LogP contribution in [0.25, 0.3) is 0 Å². The zero-order valence-electron chi connectivity index (χ0n) is 10.3. The Morgan fingerprint density at radius 2 is 1.88 bits per heavy atom. The largest absolute Gasteiger partial charge is 0.375 e. The van der Waals surface area contributed by atoms with E-state index in [1.54, 1.807) is 12.1 Å². The summed E-state index contributed by atoms with van der Waals surface area (Å²) in [7, 11) is 0. The SMILES string of the molecule is CCC(N)(CC)COCc1cc(Cl)ccc1Cl. The molecule has 0 aliphatic rings. The van der Waals surface area contributed by atoms with E-state index in [9.17, 15) is 0 Å². The molecule has 0 saturated heterocycles. The highest BCUT2D eigenvalue weighted by Crippen LogP contribution is 2.22. The van der Waals surface area contributed by atoms with Gasteiger partial charge in [-0.05, 0) is 36.6 Å². The summed E-state index contributed by atoms with van der Waals surface area (Å²) in [6.45, 7) is 5.11. The van der Waals surface area contributed by atoms with Gasteiger partial charge in [-0.2, -0.15) is 0 Å². The Bertz CT molecular complexity index is 364. The first kappa shape index (κ1) is 14.8. The number of hydrogen-bond acceptors (Lipinski definition) is 2. The highest BCUT2D eigenvalue weighted by molar-refractivity contribution is 6.33. The third kappa shape index (κ3) is 4.47. The molecule has 4 heteroatoms. The molecule has 0 amide bonds. The molecule has 0 aromatic heterocycles. The topological polar surface area (TPSA) is 35.2 Å². The van der Waals surface area contributed by atoms with E-state index >= 15 is 0 Å². The van der Waals surface area contributed by atoms with Crippen molar-refractivity contribution in [3.8, 4) is 0 Å². The van der Waals surface area contributed by atoms with Gasteiger partial charge in [0.2, 0.25) is 0 Å². The van der Waals surface area contributed by atoms with Crippen LogP contribution in [0.1, 0.15) is 32.3 Å². The first-order chi connectivity index (χ1) is 8.00. The van der Waals surface area contributed by atoms with E-state index < -0.39 is 0 Å². The minimum Gasteiger partial charge on any atom is -0.375 e. The minimum absolute atomic E-state index is 0.245. The first-order valence-electron chi connectivity index (χ1n) is 5.81.